The highest BCUT2D eigenvalue weighted by Crippen LogP contribution is 2.28. The minimum absolute atomic E-state index is 0.0564. The lowest BCUT2D eigenvalue weighted by atomic mass is 9.86. The molecule has 1 aliphatic rings. The van der Waals surface area contributed by atoms with Gasteiger partial charge in [-0.15, -0.1) is 11.3 Å². The van der Waals surface area contributed by atoms with Crippen molar-refractivity contribution in [1.82, 2.24) is 20.0 Å². The second kappa shape index (κ2) is 7.26. The molecule has 1 fully saturated rings. The van der Waals surface area contributed by atoms with Gasteiger partial charge in [0, 0.05) is 38.1 Å². The monoisotopic (exact) mass is 361 g/mol. The number of nitrogens with zero attached hydrogens (tertiary/aromatic N) is 3. The maximum absolute atomic E-state index is 12.6. The van der Waals surface area contributed by atoms with Crippen LogP contribution in [0.2, 0.25) is 0 Å². The summed E-state index contributed by atoms with van der Waals surface area (Å²) in [6, 6.07) is 5.78. The third kappa shape index (κ3) is 3.68. The number of rotatable bonds is 5. The molecule has 134 valence electrons. The van der Waals surface area contributed by atoms with Gasteiger partial charge in [0.25, 0.3) is 0 Å². The fourth-order valence-electron chi connectivity index (χ4n) is 3.20. The highest BCUT2D eigenvalue weighted by Gasteiger charge is 2.42. The van der Waals surface area contributed by atoms with Gasteiger partial charge >= 0.3 is 0 Å². The van der Waals surface area contributed by atoms with Gasteiger partial charge in [0.05, 0.1) is 12.6 Å². The molecule has 2 aromatic rings. The Morgan fingerprint density at radius 2 is 2.08 bits per heavy atom. The zero-order chi connectivity index (χ0) is 17.9. The molecule has 2 amide bonds. The van der Waals surface area contributed by atoms with E-state index in [-0.39, 0.29) is 11.8 Å². The summed E-state index contributed by atoms with van der Waals surface area (Å²) in [6.07, 6.45) is 3.25. The van der Waals surface area contributed by atoms with E-state index in [0.29, 0.717) is 32.4 Å². The third-order valence-corrected chi connectivity index (χ3v) is 5.60. The molecule has 0 saturated carbocycles. The highest BCUT2D eigenvalue weighted by molar-refractivity contribution is 7.10. The SMILES string of the molecule is CNC(=O)C1(Nc2ccnn2C)CCN(C(=O)Cc2cccs2)CC1. The molecule has 1 saturated heterocycles. The second-order valence-corrected chi connectivity index (χ2v) is 7.30. The van der Waals surface area contributed by atoms with Crippen molar-refractivity contribution in [3.05, 3.63) is 34.7 Å². The summed E-state index contributed by atoms with van der Waals surface area (Å²) in [7, 11) is 3.48. The molecule has 0 atom stereocenters. The standard InChI is InChI=1S/C17H23N5O2S/c1-18-16(24)17(20-14-5-8-19-21(14)2)6-9-22(10-7-17)15(23)12-13-4-3-11-25-13/h3-5,8,11,20H,6-7,9-10,12H2,1-2H3,(H,18,24). The number of piperidine rings is 1. The Labute approximate surface area is 151 Å². The van der Waals surface area contributed by atoms with Crippen LogP contribution in [0, 0.1) is 0 Å². The Hall–Kier alpha value is -2.35. The van der Waals surface area contributed by atoms with E-state index in [0.717, 1.165) is 10.7 Å². The van der Waals surface area contributed by atoms with Crippen molar-refractivity contribution in [2.45, 2.75) is 24.8 Å². The Kier molecular flexibility index (Phi) is 5.08. The van der Waals surface area contributed by atoms with Crippen LogP contribution in [0.3, 0.4) is 0 Å². The van der Waals surface area contributed by atoms with E-state index in [1.807, 2.05) is 35.5 Å². The molecule has 3 heterocycles. The number of anilines is 1. The van der Waals surface area contributed by atoms with Crippen molar-refractivity contribution >= 4 is 29.0 Å². The summed E-state index contributed by atoms with van der Waals surface area (Å²) in [4.78, 5) is 28.0. The number of likely N-dealkylation sites (N-methyl/N-ethyl adjacent to an activating group) is 1. The molecule has 8 heteroatoms. The number of likely N-dealkylation sites (tertiary alicyclic amines) is 1. The molecule has 7 nitrogen and oxygen atoms in total. The first-order chi connectivity index (χ1) is 12.0. The highest BCUT2D eigenvalue weighted by atomic mass is 32.1. The fraction of sp³-hybridized carbons (Fsp3) is 0.471. The third-order valence-electron chi connectivity index (χ3n) is 4.73. The van der Waals surface area contributed by atoms with Gasteiger partial charge in [0.15, 0.2) is 0 Å². The Morgan fingerprint density at radius 3 is 2.64 bits per heavy atom. The molecule has 0 aliphatic carbocycles. The number of amides is 2. The maximum Gasteiger partial charge on any atom is 0.245 e. The smallest absolute Gasteiger partial charge is 0.245 e. The van der Waals surface area contributed by atoms with Crippen molar-refractivity contribution in [2.24, 2.45) is 7.05 Å². The van der Waals surface area contributed by atoms with E-state index in [2.05, 4.69) is 15.7 Å². The predicted octanol–water partition coefficient (Wildman–Crippen LogP) is 1.24. The van der Waals surface area contributed by atoms with E-state index >= 15 is 0 Å². The molecule has 2 aromatic heterocycles. The number of hydrogen-bond donors (Lipinski definition) is 2. The number of thiophene rings is 1. The van der Waals surface area contributed by atoms with Gasteiger partial charge in [0.1, 0.15) is 11.4 Å². The van der Waals surface area contributed by atoms with Crippen LogP contribution in [-0.4, -0.2) is 52.2 Å². The van der Waals surface area contributed by atoms with Gasteiger partial charge in [-0.3, -0.25) is 14.3 Å². The van der Waals surface area contributed by atoms with E-state index < -0.39 is 5.54 Å². The van der Waals surface area contributed by atoms with Gasteiger partial charge in [-0.25, -0.2) is 0 Å². The molecule has 25 heavy (non-hydrogen) atoms. The van der Waals surface area contributed by atoms with Crippen molar-refractivity contribution < 1.29 is 9.59 Å². The quantitative estimate of drug-likeness (QED) is 0.840. The van der Waals surface area contributed by atoms with Crippen molar-refractivity contribution in [3.63, 3.8) is 0 Å². The van der Waals surface area contributed by atoms with Gasteiger partial charge < -0.3 is 15.5 Å². The van der Waals surface area contributed by atoms with Gasteiger partial charge in [-0.1, -0.05) is 6.07 Å². The summed E-state index contributed by atoms with van der Waals surface area (Å²) in [5.74, 6) is 0.856. The van der Waals surface area contributed by atoms with Gasteiger partial charge in [-0.05, 0) is 24.3 Å². The molecule has 0 bridgehead atoms. The summed E-state index contributed by atoms with van der Waals surface area (Å²) in [6.45, 7) is 1.12. The summed E-state index contributed by atoms with van der Waals surface area (Å²) >= 11 is 1.59. The van der Waals surface area contributed by atoms with E-state index in [1.54, 1.807) is 29.3 Å². The first kappa shape index (κ1) is 17.5. The Bertz CT molecular complexity index is 732. The maximum atomic E-state index is 12.6. The minimum atomic E-state index is -0.720. The van der Waals surface area contributed by atoms with Crippen LogP contribution >= 0.6 is 11.3 Å². The topological polar surface area (TPSA) is 79.3 Å². The van der Waals surface area contributed by atoms with Crippen LogP contribution in [-0.2, 0) is 23.1 Å². The normalized spacial score (nSPS) is 16.5. The fourth-order valence-corrected chi connectivity index (χ4v) is 3.90. The van der Waals surface area contributed by atoms with Crippen molar-refractivity contribution in [1.29, 1.82) is 0 Å². The summed E-state index contributed by atoms with van der Waals surface area (Å²) < 4.78 is 1.71. The number of carbonyl (C=O) groups is 2. The van der Waals surface area contributed by atoms with E-state index in [4.69, 9.17) is 0 Å². The van der Waals surface area contributed by atoms with Crippen molar-refractivity contribution in [3.8, 4) is 0 Å². The molecular weight excluding hydrogens is 338 g/mol. The zero-order valence-corrected chi connectivity index (χ0v) is 15.3. The van der Waals surface area contributed by atoms with Crippen LogP contribution in [0.15, 0.2) is 29.8 Å². The number of aryl methyl sites for hydroxylation is 1. The lowest BCUT2D eigenvalue weighted by Crippen LogP contribution is -2.58. The predicted molar refractivity (Wildman–Crippen MR) is 97.5 cm³/mol. The van der Waals surface area contributed by atoms with Crippen LogP contribution in [0.5, 0.6) is 0 Å². The largest absolute Gasteiger partial charge is 0.357 e. The lowest BCUT2D eigenvalue weighted by Gasteiger charge is -2.41. The molecule has 1 aliphatic heterocycles. The van der Waals surface area contributed by atoms with E-state index in [1.165, 1.54) is 0 Å². The van der Waals surface area contributed by atoms with Crippen LogP contribution in [0.1, 0.15) is 17.7 Å². The molecule has 0 aromatic carbocycles. The van der Waals surface area contributed by atoms with Gasteiger partial charge in [0.2, 0.25) is 11.8 Å². The average molecular weight is 361 g/mol. The number of hydrogen-bond acceptors (Lipinski definition) is 5. The summed E-state index contributed by atoms with van der Waals surface area (Å²) in [5, 5.41) is 12.2. The van der Waals surface area contributed by atoms with Crippen molar-refractivity contribution in [2.75, 3.05) is 25.5 Å². The average Bonchev–Trinajstić information content (AvgIpc) is 3.27. The second-order valence-electron chi connectivity index (χ2n) is 6.26. The Balaban J connectivity index is 1.68. The Morgan fingerprint density at radius 1 is 1.32 bits per heavy atom. The molecule has 0 unspecified atom stereocenters. The minimum Gasteiger partial charge on any atom is -0.357 e. The zero-order valence-electron chi connectivity index (χ0n) is 14.5. The molecule has 2 N–H and O–H groups in total. The number of carbonyl (C=O) groups excluding carboxylic acids is 2. The molecule has 0 spiro atoms. The van der Waals surface area contributed by atoms with Gasteiger partial charge in [-0.2, -0.15) is 5.10 Å². The van der Waals surface area contributed by atoms with E-state index in [9.17, 15) is 9.59 Å². The molecule has 0 radical (unpaired) electrons. The van der Waals surface area contributed by atoms with Crippen LogP contribution in [0.25, 0.3) is 0 Å². The lowest BCUT2D eigenvalue weighted by molar-refractivity contribution is -0.135. The molecule has 3 rings (SSSR count). The number of nitrogens with one attached hydrogen (secondary N) is 2. The first-order valence-electron chi connectivity index (χ1n) is 8.32. The first-order valence-corrected chi connectivity index (χ1v) is 9.20. The van der Waals surface area contributed by atoms with Crippen LogP contribution in [0.4, 0.5) is 5.82 Å². The molecular formula is C17H23N5O2S. The van der Waals surface area contributed by atoms with Crippen LogP contribution < -0.4 is 10.6 Å². The summed E-state index contributed by atoms with van der Waals surface area (Å²) in [5.41, 5.74) is -0.720. The number of aromatic nitrogens is 2.